The van der Waals surface area contributed by atoms with Gasteiger partial charge in [-0.15, -0.1) is 0 Å². The highest BCUT2D eigenvalue weighted by Crippen LogP contribution is 2.32. The smallest absolute Gasteiger partial charge is 0.271 e. The van der Waals surface area contributed by atoms with E-state index in [9.17, 15) is 14.4 Å². The second kappa shape index (κ2) is 9.29. The molecule has 0 saturated carbocycles. The number of hydrogen-bond donors (Lipinski definition) is 2. The molecule has 0 unspecified atom stereocenters. The van der Waals surface area contributed by atoms with Crippen molar-refractivity contribution in [2.45, 2.75) is 12.8 Å². The highest BCUT2D eigenvalue weighted by Gasteiger charge is 2.31. The number of thioether (sulfide) groups is 1. The summed E-state index contributed by atoms with van der Waals surface area (Å²) in [5.41, 5.74) is 4.99. The molecule has 144 valence electrons. The predicted molar refractivity (Wildman–Crippen MR) is 108 cm³/mol. The van der Waals surface area contributed by atoms with E-state index in [1.54, 1.807) is 36.5 Å². The van der Waals surface area contributed by atoms with Gasteiger partial charge in [-0.1, -0.05) is 24.0 Å². The molecule has 0 spiro atoms. The lowest BCUT2D eigenvalue weighted by molar-refractivity contribution is -0.124. The van der Waals surface area contributed by atoms with Gasteiger partial charge in [-0.25, -0.2) is 0 Å². The minimum atomic E-state index is -0.457. The van der Waals surface area contributed by atoms with Crippen LogP contribution in [0.1, 0.15) is 29.0 Å². The van der Waals surface area contributed by atoms with Crippen LogP contribution in [0.15, 0.2) is 52.2 Å². The first-order valence-electron chi connectivity index (χ1n) is 8.32. The van der Waals surface area contributed by atoms with Gasteiger partial charge in [0, 0.05) is 31.4 Å². The predicted octanol–water partition coefficient (Wildman–Crippen LogP) is 2.12. The number of hydrazine groups is 1. The third kappa shape index (κ3) is 5.05. The number of aromatic nitrogens is 1. The first-order valence-corrected chi connectivity index (χ1v) is 9.55. The summed E-state index contributed by atoms with van der Waals surface area (Å²) in [6.45, 7) is 0.310. The maximum absolute atomic E-state index is 12.4. The summed E-state index contributed by atoms with van der Waals surface area (Å²) in [5.74, 6) is -0.462. The maximum atomic E-state index is 12.4. The molecular formula is C18H16N4O4S2. The van der Waals surface area contributed by atoms with E-state index in [2.05, 4.69) is 15.8 Å². The fourth-order valence-corrected chi connectivity index (χ4v) is 3.64. The third-order valence-corrected chi connectivity index (χ3v) is 5.09. The molecule has 2 aromatic rings. The van der Waals surface area contributed by atoms with Crippen LogP contribution in [0.4, 0.5) is 0 Å². The number of nitrogens with one attached hydrogen (secondary N) is 2. The zero-order valence-electron chi connectivity index (χ0n) is 14.6. The van der Waals surface area contributed by atoms with Gasteiger partial charge in [0.2, 0.25) is 5.91 Å². The lowest BCUT2D eigenvalue weighted by Crippen LogP contribution is -2.42. The second-order valence-corrected chi connectivity index (χ2v) is 7.37. The van der Waals surface area contributed by atoms with Crippen LogP contribution in [0.2, 0.25) is 0 Å². The van der Waals surface area contributed by atoms with E-state index in [1.807, 2.05) is 0 Å². The van der Waals surface area contributed by atoms with Crippen molar-refractivity contribution in [3.05, 3.63) is 59.2 Å². The van der Waals surface area contributed by atoms with Crippen molar-refractivity contribution >= 4 is 52.1 Å². The van der Waals surface area contributed by atoms with E-state index >= 15 is 0 Å². The minimum Gasteiger partial charge on any atom is -0.465 e. The molecular weight excluding hydrogens is 400 g/mol. The molecule has 2 aromatic heterocycles. The first-order chi connectivity index (χ1) is 13.5. The number of furan rings is 1. The zero-order valence-corrected chi connectivity index (χ0v) is 16.2. The summed E-state index contributed by atoms with van der Waals surface area (Å²) in [6, 6.07) is 6.69. The Morgan fingerprint density at radius 1 is 1.29 bits per heavy atom. The number of amides is 3. The molecule has 10 heteroatoms. The summed E-state index contributed by atoms with van der Waals surface area (Å²) >= 11 is 6.44. The standard InChI is InChI=1S/C18H16N4O4S2/c23-15(20-21-16(24)12-4-1-7-19-11-12)6-2-8-22-17(25)14(28-18(22)27)10-13-5-3-9-26-13/h1,3-5,7,9-11H,2,6,8H2,(H,20,23)(H,21,24). The summed E-state index contributed by atoms with van der Waals surface area (Å²) in [5, 5.41) is 0. The molecule has 3 heterocycles. The van der Waals surface area contributed by atoms with Crippen molar-refractivity contribution < 1.29 is 18.8 Å². The Labute approximate surface area is 170 Å². The fraction of sp³-hybridized carbons (Fsp3) is 0.167. The van der Waals surface area contributed by atoms with E-state index in [0.29, 0.717) is 33.5 Å². The summed E-state index contributed by atoms with van der Waals surface area (Å²) in [6.07, 6.45) is 6.63. The van der Waals surface area contributed by atoms with E-state index in [0.717, 1.165) is 0 Å². The molecule has 0 radical (unpaired) electrons. The van der Waals surface area contributed by atoms with Crippen LogP contribution in [0, 0.1) is 0 Å². The zero-order chi connectivity index (χ0) is 19.9. The van der Waals surface area contributed by atoms with Crippen LogP contribution in [0.5, 0.6) is 0 Å². The van der Waals surface area contributed by atoms with Crippen molar-refractivity contribution in [3.8, 4) is 0 Å². The molecule has 28 heavy (non-hydrogen) atoms. The first kappa shape index (κ1) is 19.8. The van der Waals surface area contributed by atoms with Crippen molar-refractivity contribution in [1.29, 1.82) is 0 Å². The second-order valence-electron chi connectivity index (χ2n) is 5.70. The van der Waals surface area contributed by atoms with Crippen LogP contribution in [-0.4, -0.2) is 38.5 Å². The number of carbonyl (C=O) groups excluding carboxylic acids is 3. The molecule has 1 saturated heterocycles. The number of rotatable bonds is 6. The molecule has 0 bridgehead atoms. The quantitative estimate of drug-likeness (QED) is 0.422. The van der Waals surface area contributed by atoms with Gasteiger partial charge in [0.05, 0.1) is 16.7 Å². The summed E-state index contributed by atoms with van der Waals surface area (Å²) in [7, 11) is 0. The Hall–Kier alpha value is -2.98. The Balaban J connectivity index is 1.43. The average molecular weight is 416 g/mol. The molecule has 3 rings (SSSR count). The molecule has 2 N–H and O–H groups in total. The van der Waals surface area contributed by atoms with Gasteiger partial charge in [-0.3, -0.25) is 35.1 Å². The summed E-state index contributed by atoms with van der Waals surface area (Å²) < 4.78 is 5.65. The van der Waals surface area contributed by atoms with Crippen molar-refractivity contribution in [3.63, 3.8) is 0 Å². The normalized spacial score (nSPS) is 15.1. The van der Waals surface area contributed by atoms with E-state index in [1.165, 1.54) is 29.1 Å². The molecule has 1 fully saturated rings. The van der Waals surface area contributed by atoms with Crippen molar-refractivity contribution in [2.24, 2.45) is 0 Å². The van der Waals surface area contributed by atoms with E-state index in [4.69, 9.17) is 16.6 Å². The molecule has 8 nitrogen and oxygen atoms in total. The van der Waals surface area contributed by atoms with Gasteiger partial charge in [-0.05, 0) is 30.7 Å². The van der Waals surface area contributed by atoms with E-state index < -0.39 is 5.91 Å². The van der Waals surface area contributed by atoms with Gasteiger partial charge >= 0.3 is 0 Å². The number of pyridine rings is 1. The number of thiocarbonyl (C=S) groups is 1. The lowest BCUT2D eigenvalue weighted by Gasteiger charge is -2.14. The Bertz CT molecular complexity index is 913. The summed E-state index contributed by atoms with van der Waals surface area (Å²) in [4.78, 5) is 41.9. The molecule has 0 aromatic carbocycles. The van der Waals surface area contributed by atoms with Crippen LogP contribution in [-0.2, 0) is 9.59 Å². The van der Waals surface area contributed by atoms with Crippen LogP contribution in [0.3, 0.4) is 0 Å². The number of hydrogen-bond acceptors (Lipinski definition) is 7. The van der Waals surface area contributed by atoms with Gasteiger partial charge in [0.15, 0.2) is 0 Å². The molecule has 0 aliphatic carbocycles. The van der Waals surface area contributed by atoms with Crippen molar-refractivity contribution in [2.75, 3.05) is 6.54 Å². The number of carbonyl (C=O) groups is 3. The van der Waals surface area contributed by atoms with Crippen molar-refractivity contribution in [1.82, 2.24) is 20.7 Å². The molecule has 3 amide bonds. The Morgan fingerprint density at radius 2 is 2.14 bits per heavy atom. The van der Waals surface area contributed by atoms with Crippen LogP contribution < -0.4 is 10.9 Å². The third-order valence-electron chi connectivity index (χ3n) is 3.71. The average Bonchev–Trinajstić information content (AvgIpc) is 3.30. The fourth-order valence-electron chi connectivity index (χ4n) is 2.35. The Kier molecular flexibility index (Phi) is 6.56. The molecule has 1 aliphatic heterocycles. The SMILES string of the molecule is O=C(CCCN1C(=O)C(=Cc2ccco2)SC1=S)NNC(=O)c1cccnc1. The van der Waals surface area contributed by atoms with Gasteiger partial charge in [-0.2, -0.15) is 0 Å². The minimum absolute atomic E-state index is 0.127. The highest BCUT2D eigenvalue weighted by atomic mass is 32.2. The van der Waals surface area contributed by atoms with Crippen LogP contribution in [0.25, 0.3) is 6.08 Å². The van der Waals surface area contributed by atoms with Crippen LogP contribution >= 0.6 is 24.0 Å². The van der Waals surface area contributed by atoms with Gasteiger partial charge < -0.3 is 4.42 Å². The Morgan fingerprint density at radius 3 is 2.86 bits per heavy atom. The molecule has 1 aliphatic rings. The largest absolute Gasteiger partial charge is 0.465 e. The van der Waals surface area contributed by atoms with E-state index in [-0.39, 0.29) is 18.2 Å². The van der Waals surface area contributed by atoms with Gasteiger partial charge in [0.1, 0.15) is 10.1 Å². The highest BCUT2D eigenvalue weighted by molar-refractivity contribution is 8.26. The number of nitrogens with zero attached hydrogens (tertiary/aromatic N) is 2. The topological polar surface area (TPSA) is 105 Å². The monoisotopic (exact) mass is 416 g/mol. The molecule has 0 atom stereocenters. The van der Waals surface area contributed by atoms with Gasteiger partial charge in [0.25, 0.3) is 11.8 Å². The maximum Gasteiger partial charge on any atom is 0.271 e. The lowest BCUT2D eigenvalue weighted by atomic mass is 10.2.